The molecule has 1 aliphatic heterocycles. The molecule has 0 spiro atoms. The van der Waals surface area contributed by atoms with Crippen LogP contribution >= 0.6 is 0 Å². The summed E-state index contributed by atoms with van der Waals surface area (Å²) in [5, 5.41) is 1.83. The average Bonchev–Trinajstić information content (AvgIpc) is 2.14. The largest absolute Gasteiger partial charge is 0.329 e. The Bertz CT molecular complexity index is 74.1. The first-order chi connectivity index (χ1) is 3.84. The molecule has 0 aliphatic carbocycles. The highest BCUT2D eigenvalue weighted by molar-refractivity contribution is 4.74. The minimum absolute atomic E-state index is 0.454. The lowest BCUT2D eigenvalue weighted by Gasteiger charge is -2.15. The molecule has 1 heterocycles. The van der Waals surface area contributed by atoms with Crippen molar-refractivity contribution in [2.24, 2.45) is 11.6 Å². The van der Waals surface area contributed by atoms with E-state index in [4.69, 9.17) is 11.6 Å². The summed E-state index contributed by atoms with van der Waals surface area (Å²) in [6.07, 6.45) is 2.38. The Labute approximate surface area is 49.6 Å². The summed E-state index contributed by atoms with van der Waals surface area (Å²) in [6.45, 7) is 1.72. The number of rotatable bonds is 1. The van der Waals surface area contributed by atoms with Gasteiger partial charge in [0, 0.05) is 19.1 Å². The minimum Gasteiger partial charge on any atom is -0.329 e. The van der Waals surface area contributed by atoms with Gasteiger partial charge in [-0.2, -0.15) is 0 Å². The van der Waals surface area contributed by atoms with Gasteiger partial charge in [-0.15, -0.1) is 0 Å². The second kappa shape index (κ2) is 2.44. The van der Waals surface area contributed by atoms with Crippen molar-refractivity contribution >= 4 is 0 Å². The van der Waals surface area contributed by atoms with Gasteiger partial charge >= 0.3 is 0 Å². The molecule has 0 radical (unpaired) electrons. The van der Waals surface area contributed by atoms with E-state index in [0.29, 0.717) is 12.6 Å². The maximum Gasteiger partial charge on any atom is 0.0364 e. The molecule has 0 aromatic carbocycles. The third-order valence-electron chi connectivity index (χ3n) is 1.69. The zero-order chi connectivity index (χ0) is 5.98. The van der Waals surface area contributed by atoms with Crippen molar-refractivity contribution in [1.82, 2.24) is 5.01 Å². The van der Waals surface area contributed by atoms with E-state index in [9.17, 15) is 0 Å². The van der Waals surface area contributed by atoms with Crippen molar-refractivity contribution in [3.8, 4) is 0 Å². The Kier molecular flexibility index (Phi) is 1.83. The third-order valence-corrected chi connectivity index (χ3v) is 1.69. The fraction of sp³-hybridized carbons (Fsp3) is 1.00. The van der Waals surface area contributed by atoms with Crippen LogP contribution in [0.25, 0.3) is 0 Å². The Hall–Kier alpha value is -0.120. The van der Waals surface area contributed by atoms with Gasteiger partial charge in [0.05, 0.1) is 0 Å². The van der Waals surface area contributed by atoms with Gasteiger partial charge in [-0.1, -0.05) is 0 Å². The van der Waals surface area contributed by atoms with Crippen LogP contribution in [0.4, 0.5) is 0 Å². The standard InChI is InChI=1S/C5H13N3/c6-4-5-2-1-3-8(5)7/h5H,1-4,6-7H2/t5-/m1/s1. The second-order valence-corrected chi connectivity index (χ2v) is 2.27. The van der Waals surface area contributed by atoms with Crippen LogP contribution in [-0.4, -0.2) is 24.1 Å². The minimum atomic E-state index is 0.454. The van der Waals surface area contributed by atoms with Crippen molar-refractivity contribution < 1.29 is 0 Å². The molecular weight excluding hydrogens is 102 g/mol. The van der Waals surface area contributed by atoms with Crippen LogP contribution in [0.3, 0.4) is 0 Å². The third kappa shape index (κ3) is 0.992. The van der Waals surface area contributed by atoms with Crippen molar-refractivity contribution in [3.05, 3.63) is 0 Å². The Balaban J connectivity index is 2.30. The van der Waals surface area contributed by atoms with Crippen molar-refractivity contribution in [2.75, 3.05) is 13.1 Å². The highest BCUT2D eigenvalue weighted by Gasteiger charge is 2.18. The van der Waals surface area contributed by atoms with Crippen molar-refractivity contribution in [1.29, 1.82) is 0 Å². The fourth-order valence-electron chi connectivity index (χ4n) is 1.11. The predicted octanol–water partition coefficient (Wildman–Crippen LogP) is -0.717. The number of hydrogen-bond acceptors (Lipinski definition) is 3. The fourth-order valence-corrected chi connectivity index (χ4v) is 1.11. The molecule has 1 fully saturated rings. The molecule has 0 aromatic heterocycles. The molecule has 0 aromatic rings. The molecular formula is C5H13N3. The molecule has 1 atom stereocenters. The van der Waals surface area contributed by atoms with Crippen LogP contribution in [-0.2, 0) is 0 Å². The quantitative estimate of drug-likeness (QED) is 0.443. The van der Waals surface area contributed by atoms with E-state index in [-0.39, 0.29) is 0 Å². The van der Waals surface area contributed by atoms with Gasteiger partial charge in [0.1, 0.15) is 0 Å². The van der Waals surface area contributed by atoms with Crippen LogP contribution in [0.5, 0.6) is 0 Å². The molecule has 0 amide bonds. The molecule has 8 heavy (non-hydrogen) atoms. The summed E-state index contributed by atoms with van der Waals surface area (Å²) < 4.78 is 0. The van der Waals surface area contributed by atoms with Crippen LogP contribution in [0, 0.1) is 0 Å². The van der Waals surface area contributed by atoms with E-state index in [1.54, 1.807) is 0 Å². The summed E-state index contributed by atoms with van der Waals surface area (Å²) in [5.74, 6) is 5.54. The smallest absolute Gasteiger partial charge is 0.0364 e. The van der Waals surface area contributed by atoms with Crippen molar-refractivity contribution in [2.45, 2.75) is 18.9 Å². The topological polar surface area (TPSA) is 55.3 Å². The van der Waals surface area contributed by atoms with Gasteiger partial charge in [0.25, 0.3) is 0 Å². The lowest BCUT2D eigenvalue weighted by Crippen LogP contribution is -2.40. The van der Waals surface area contributed by atoms with Gasteiger partial charge in [-0.05, 0) is 12.8 Å². The number of hydrogen-bond donors (Lipinski definition) is 2. The zero-order valence-electron chi connectivity index (χ0n) is 5.01. The van der Waals surface area contributed by atoms with Crippen LogP contribution in [0.2, 0.25) is 0 Å². The monoisotopic (exact) mass is 115 g/mol. The highest BCUT2D eigenvalue weighted by atomic mass is 15.4. The molecule has 4 N–H and O–H groups in total. The van der Waals surface area contributed by atoms with E-state index >= 15 is 0 Å². The molecule has 1 rings (SSSR count). The Morgan fingerprint density at radius 3 is 2.62 bits per heavy atom. The maximum atomic E-state index is 5.54. The van der Waals surface area contributed by atoms with Crippen molar-refractivity contribution in [3.63, 3.8) is 0 Å². The van der Waals surface area contributed by atoms with E-state index in [0.717, 1.165) is 6.54 Å². The lowest BCUT2D eigenvalue weighted by molar-refractivity contribution is 0.267. The summed E-state index contributed by atoms with van der Waals surface area (Å²) >= 11 is 0. The molecule has 3 heteroatoms. The first-order valence-corrected chi connectivity index (χ1v) is 3.06. The van der Waals surface area contributed by atoms with E-state index in [2.05, 4.69) is 0 Å². The Morgan fingerprint density at radius 1 is 1.62 bits per heavy atom. The molecule has 3 nitrogen and oxygen atoms in total. The number of nitrogens with zero attached hydrogens (tertiary/aromatic N) is 1. The van der Waals surface area contributed by atoms with Gasteiger partial charge in [0.2, 0.25) is 0 Å². The summed E-state index contributed by atoms with van der Waals surface area (Å²) in [4.78, 5) is 0. The normalized spacial score (nSPS) is 31.5. The van der Waals surface area contributed by atoms with Gasteiger partial charge in [-0.3, -0.25) is 5.84 Å². The first-order valence-electron chi connectivity index (χ1n) is 3.06. The molecule has 0 unspecified atom stereocenters. The van der Waals surface area contributed by atoms with Crippen LogP contribution in [0.1, 0.15) is 12.8 Å². The van der Waals surface area contributed by atoms with Gasteiger partial charge in [-0.25, -0.2) is 5.01 Å². The molecule has 1 saturated heterocycles. The van der Waals surface area contributed by atoms with Gasteiger partial charge < -0.3 is 5.73 Å². The first kappa shape index (κ1) is 6.01. The van der Waals surface area contributed by atoms with Gasteiger partial charge in [0.15, 0.2) is 0 Å². The van der Waals surface area contributed by atoms with Crippen LogP contribution in [0.15, 0.2) is 0 Å². The maximum absolute atomic E-state index is 5.54. The highest BCUT2D eigenvalue weighted by Crippen LogP contribution is 2.10. The Morgan fingerprint density at radius 2 is 2.38 bits per heavy atom. The summed E-state index contributed by atoms with van der Waals surface area (Å²) in [7, 11) is 0. The van der Waals surface area contributed by atoms with E-state index in [1.807, 2.05) is 5.01 Å². The summed E-state index contributed by atoms with van der Waals surface area (Å²) in [5.41, 5.74) is 5.40. The average molecular weight is 115 g/mol. The zero-order valence-corrected chi connectivity index (χ0v) is 5.01. The SMILES string of the molecule is NC[C@H]1CCCN1N. The molecule has 0 bridgehead atoms. The van der Waals surface area contributed by atoms with E-state index in [1.165, 1.54) is 12.8 Å². The number of hydrazine groups is 1. The molecule has 48 valence electrons. The van der Waals surface area contributed by atoms with E-state index < -0.39 is 0 Å². The second-order valence-electron chi connectivity index (χ2n) is 2.27. The lowest BCUT2D eigenvalue weighted by atomic mass is 10.2. The predicted molar refractivity (Wildman–Crippen MR) is 33.0 cm³/mol. The molecule has 0 saturated carbocycles. The van der Waals surface area contributed by atoms with Crippen LogP contribution < -0.4 is 11.6 Å². The number of nitrogens with two attached hydrogens (primary N) is 2. The molecule has 1 aliphatic rings. The summed E-state index contributed by atoms with van der Waals surface area (Å²) in [6, 6.07) is 0.454.